The van der Waals surface area contributed by atoms with Crippen LogP contribution in [-0.4, -0.2) is 15.0 Å². The molecule has 0 unspecified atom stereocenters. The predicted octanol–water partition coefficient (Wildman–Crippen LogP) is 3.53. The first-order chi connectivity index (χ1) is 9.88. The van der Waals surface area contributed by atoms with E-state index in [0.29, 0.717) is 0 Å². The van der Waals surface area contributed by atoms with Gasteiger partial charge in [0.05, 0.1) is 0 Å². The molecule has 0 saturated heterocycles. The first-order valence-electron chi connectivity index (χ1n) is 6.87. The summed E-state index contributed by atoms with van der Waals surface area (Å²) in [6.07, 6.45) is 12.4. The van der Waals surface area contributed by atoms with Crippen LogP contribution in [0.15, 0.2) is 61.0 Å². The molecule has 0 aliphatic rings. The van der Waals surface area contributed by atoms with Crippen LogP contribution in [0.1, 0.15) is 30.6 Å². The van der Waals surface area contributed by atoms with Crippen LogP contribution in [0.25, 0.3) is 0 Å². The van der Waals surface area contributed by atoms with E-state index in [0.717, 1.165) is 30.9 Å². The molecule has 3 heteroatoms. The Bertz CT molecular complexity index is 574. The van der Waals surface area contributed by atoms with E-state index in [1.165, 1.54) is 5.56 Å². The lowest BCUT2D eigenvalue weighted by molar-refractivity contribution is 0.809. The first kappa shape index (κ1) is 14.1. The van der Waals surface area contributed by atoms with Crippen molar-refractivity contribution in [2.75, 3.05) is 0 Å². The summed E-state index contributed by atoms with van der Waals surface area (Å²) in [5.74, 6) is 1.69. The number of rotatable bonds is 6. The van der Waals surface area contributed by atoms with Crippen molar-refractivity contribution >= 4 is 0 Å². The van der Waals surface area contributed by atoms with Crippen molar-refractivity contribution in [1.29, 1.82) is 0 Å². The van der Waals surface area contributed by atoms with Gasteiger partial charge in [-0.25, -0.2) is 15.0 Å². The molecule has 0 fully saturated rings. The highest BCUT2D eigenvalue weighted by atomic mass is 15.0. The van der Waals surface area contributed by atoms with E-state index < -0.39 is 0 Å². The SMILES string of the molecule is C/C=C\C=C/CCc1ncnc(Cc2ccccc2)n1. The Morgan fingerprint density at radius 1 is 1.00 bits per heavy atom. The van der Waals surface area contributed by atoms with Gasteiger partial charge >= 0.3 is 0 Å². The van der Waals surface area contributed by atoms with E-state index in [2.05, 4.69) is 33.2 Å². The summed E-state index contributed by atoms with van der Waals surface area (Å²) in [5.41, 5.74) is 1.22. The molecule has 0 N–H and O–H groups in total. The van der Waals surface area contributed by atoms with Crippen LogP contribution in [0.4, 0.5) is 0 Å². The minimum atomic E-state index is 0.755. The fourth-order valence-corrected chi connectivity index (χ4v) is 1.85. The molecule has 2 aromatic rings. The third-order valence-electron chi connectivity index (χ3n) is 2.85. The number of nitrogens with zero attached hydrogens (tertiary/aromatic N) is 3. The topological polar surface area (TPSA) is 38.7 Å². The highest BCUT2D eigenvalue weighted by Gasteiger charge is 2.01. The molecule has 0 atom stereocenters. The molecule has 0 amide bonds. The van der Waals surface area contributed by atoms with Gasteiger partial charge in [0, 0.05) is 12.8 Å². The monoisotopic (exact) mass is 265 g/mol. The van der Waals surface area contributed by atoms with E-state index in [-0.39, 0.29) is 0 Å². The average molecular weight is 265 g/mol. The van der Waals surface area contributed by atoms with E-state index >= 15 is 0 Å². The van der Waals surface area contributed by atoms with Gasteiger partial charge in [0.2, 0.25) is 0 Å². The van der Waals surface area contributed by atoms with Gasteiger partial charge in [0.1, 0.15) is 18.0 Å². The minimum Gasteiger partial charge on any atom is -0.221 e. The van der Waals surface area contributed by atoms with Crippen LogP contribution in [0.3, 0.4) is 0 Å². The van der Waals surface area contributed by atoms with Crippen molar-refractivity contribution in [1.82, 2.24) is 15.0 Å². The zero-order valence-electron chi connectivity index (χ0n) is 11.7. The summed E-state index contributed by atoms with van der Waals surface area (Å²) >= 11 is 0. The third-order valence-corrected chi connectivity index (χ3v) is 2.85. The standard InChI is InChI=1S/C17H19N3/c1-2-3-4-5-9-12-16-18-14-19-17(20-16)13-15-10-7-6-8-11-15/h2-8,10-11,14H,9,12-13H2,1H3/b3-2-,5-4-. The molecule has 0 saturated carbocycles. The summed E-state index contributed by atoms with van der Waals surface area (Å²) in [7, 11) is 0. The fourth-order valence-electron chi connectivity index (χ4n) is 1.85. The molecule has 20 heavy (non-hydrogen) atoms. The summed E-state index contributed by atoms with van der Waals surface area (Å²) < 4.78 is 0. The zero-order valence-corrected chi connectivity index (χ0v) is 11.7. The number of aryl methyl sites for hydroxylation is 1. The van der Waals surface area contributed by atoms with Gasteiger partial charge in [-0.15, -0.1) is 0 Å². The van der Waals surface area contributed by atoms with Crippen LogP contribution in [-0.2, 0) is 12.8 Å². The smallest absolute Gasteiger partial charge is 0.136 e. The van der Waals surface area contributed by atoms with Gasteiger partial charge in [-0.05, 0) is 18.9 Å². The first-order valence-corrected chi connectivity index (χ1v) is 6.87. The fraction of sp³-hybridized carbons (Fsp3) is 0.235. The van der Waals surface area contributed by atoms with Crippen molar-refractivity contribution in [3.8, 4) is 0 Å². The minimum absolute atomic E-state index is 0.755. The van der Waals surface area contributed by atoms with Gasteiger partial charge < -0.3 is 0 Å². The van der Waals surface area contributed by atoms with E-state index in [9.17, 15) is 0 Å². The van der Waals surface area contributed by atoms with Gasteiger partial charge in [-0.2, -0.15) is 0 Å². The third kappa shape index (κ3) is 4.76. The Kier molecular flexibility index (Phi) is 5.65. The highest BCUT2D eigenvalue weighted by Crippen LogP contribution is 2.05. The Labute approximate surface area is 120 Å². The molecule has 0 aliphatic heterocycles. The van der Waals surface area contributed by atoms with Gasteiger partial charge in [0.25, 0.3) is 0 Å². The van der Waals surface area contributed by atoms with Crippen LogP contribution in [0.5, 0.6) is 0 Å². The Morgan fingerprint density at radius 2 is 1.80 bits per heavy atom. The molecule has 102 valence electrons. The molecular weight excluding hydrogens is 246 g/mol. The number of hydrogen-bond acceptors (Lipinski definition) is 3. The largest absolute Gasteiger partial charge is 0.221 e. The predicted molar refractivity (Wildman–Crippen MR) is 81.4 cm³/mol. The molecule has 1 aromatic heterocycles. The Hall–Kier alpha value is -2.29. The van der Waals surface area contributed by atoms with Gasteiger partial charge in [-0.3, -0.25) is 0 Å². The van der Waals surface area contributed by atoms with Gasteiger partial charge in [0.15, 0.2) is 0 Å². The van der Waals surface area contributed by atoms with Crippen LogP contribution >= 0.6 is 0 Å². The second-order valence-electron chi connectivity index (χ2n) is 4.47. The van der Waals surface area contributed by atoms with Crippen molar-refractivity contribution in [2.45, 2.75) is 26.2 Å². The molecule has 0 bridgehead atoms. The Morgan fingerprint density at radius 3 is 2.60 bits per heavy atom. The van der Waals surface area contributed by atoms with Crippen molar-refractivity contribution in [2.24, 2.45) is 0 Å². The second-order valence-corrected chi connectivity index (χ2v) is 4.47. The molecule has 0 radical (unpaired) electrons. The Balaban J connectivity index is 1.94. The highest BCUT2D eigenvalue weighted by molar-refractivity contribution is 5.18. The average Bonchev–Trinajstić information content (AvgIpc) is 2.48. The van der Waals surface area contributed by atoms with Crippen LogP contribution in [0, 0.1) is 0 Å². The molecule has 1 heterocycles. The lowest BCUT2D eigenvalue weighted by Crippen LogP contribution is -2.02. The van der Waals surface area contributed by atoms with Crippen molar-refractivity contribution < 1.29 is 0 Å². The summed E-state index contributed by atoms with van der Waals surface area (Å²) in [4.78, 5) is 13.0. The van der Waals surface area contributed by atoms with Gasteiger partial charge in [-0.1, -0.05) is 54.6 Å². The number of benzene rings is 1. The number of aromatic nitrogens is 3. The summed E-state index contributed by atoms with van der Waals surface area (Å²) in [5, 5.41) is 0. The normalized spacial score (nSPS) is 11.4. The molecule has 0 spiro atoms. The molecule has 0 aliphatic carbocycles. The van der Waals surface area contributed by atoms with Crippen LogP contribution in [0.2, 0.25) is 0 Å². The molecule has 1 aromatic carbocycles. The second kappa shape index (κ2) is 8.00. The van der Waals surface area contributed by atoms with E-state index in [1.54, 1.807) is 6.33 Å². The maximum Gasteiger partial charge on any atom is 0.136 e. The lowest BCUT2D eigenvalue weighted by atomic mass is 10.1. The van der Waals surface area contributed by atoms with Crippen molar-refractivity contribution in [3.63, 3.8) is 0 Å². The number of allylic oxidation sites excluding steroid dienone is 4. The summed E-state index contributed by atoms with van der Waals surface area (Å²) in [6, 6.07) is 10.2. The maximum absolute atomic E-state index is 4.51. The van der Waals surface area contributed by atoms with Crippen LogP contribution < -0.4 is 0 Å². The van der Waals surface area contributed by atoms with E-state index in [4.69, 9.17) is 0 Å². The maximum atomic E-state index is 4.51. The molecular formula is C17H19N3. The summed E-state index contributed by atoms with van der Waals surface area (Å²) in [6.45, 7) is 2.01. The number of hydrogen-bond donors (Lipinski definition) is 0. The molecule has 2 rings (SSSR count). The quantitative estimate of drug-likeness (QED) is 0.750. The lowest BCUT2D eigenvalue weighted by Gasteiger charge is -2.02. The zero-order chi connectivity index (χ0) is 14.0. The molecule has 3 nitrogen and oxygen atoms in total. The van der Waals surface area contributed by atoms with E-state index in [1.807, 2.05) is 43.4 Å². The van der Waals surface area contributed by atoms with Crippen molar-refractivity contribution in [3.05, 3.63) is 78.2 Å².